The highest BCUT2D eigenvalue weighted by Gasteiger charge is 2.32. The summed E-state index contributed by atoms with van der Waals surface area (Å²) < 4.78 is 22.2. The molecule has 1 saturated heterocycles. The van der Waals surface area contributed by atoms with Crippen molar-refractivity contribution < 1.29 is 13.2 Å². The van der Waals surface area contributed by atoms with E-state index in [1.807, 2.05) is 24.3 Å². The largest absolute Gasteiger partial charge is 0.312 e. The highest BCUT2D eigenvalue weighted by Crippen LogP contribution is 2.26. The summed E-state index contributed by atoms with van der Waals surface area (Å²) in [7, 11) is -3.53. The number of hydrogen-bond acceptors (Lipinski definition) is 3. The number of sulfonamides is 1. The van der Waals surface area contributed by atoms with Crippen molar-refractivity contribution in [3.8, 4) is 0 Å². The van der Waals surface area contributed by atoms with E-state index in [4.69, 9.17) is 5.14 Å². The van der Waals surface area contributed by atoms with Crippen molar-refractivity contribution in [3.63, 3.8) is 0 Å². The fourth-order valence-electron chi connectivity index (χ4n) is 2.60. The van der Waals surface area contributed by atoms with E-state index in [2.05, 4.69) is 6.92 Å². The van der Waals surface area contributed by atoms with Crippen LogP contribution >= 0.6 is 0 Å². The van der Waals surface area contributed by atoms with E-state index in [0.717, 1.165) is 18.5 Å². The molecular weight excluding hydrogens is 276 g/mol. The molecule has 6 heteroatoms. The minimum absolute atomic E-state index is 0.0399. The lowest BCUT2D eigenvalue weighted by Crippen LogP contribution is -2.27. The molecule has 1 aliphatic heterocycles. The number of carbonyl (C=O) groups excluding carboxylic acids is 1. The number of anilines is 1. The first-order chi connectivity index (χ1) is 9.39. The molecule has 1 aromatic carbocycles. The Bertz CT molecular complexity index is 581. The molecule has 1 amide bonds. The van der Waals surface area contributed by atoms with Gasteiger partial charge in [0.15, 0.2) is 0 Å². The SMILES string of the molecule is CCCc1ccc(N2CC(CS(N)(=O)=O)CC2=O)cc1. The molecule has 0 bridgehead atoms. The fourth-order valence-corrected chi connectivity index (χ4v) is 3.48. The minimum atomic E-state index is -3.53. The van der Waals surface area contributed by atoms with Gasteiger partial charge < -0.3 is 4.90 Å². The third-order valence-corrected chi connectivity index (χ3v) is 4.40. The molecule has 110 valence electrons. The van der Waals surface area contributed by atoms with Gasteiger partial charge in [-0.3, -0.25) is 4.79 Å². The normalized spacial score (nSPS) is 19.6. The molecule has 1 atom stereocenters. The summed E-state index contributed by atoms with van der Waals surface area (Å²) in [5.41, 5.74) is 2.07. The van der Waals surface area contributed by atoms with E-state index >= 15 is 0 Å². The van der Waals surface area contributed by atoms with Gasteiger partial charge in [-0.1, -0.05) is 25.5 Å². The van der Waals surface area contributed by atoms with Gasteiger partial charge in [0, 0.05) is 24.6 Å². The highest BCUT2D eigenvalue weighted by atomic mass is 32.2. The van der Waals surface area contributed by atoms with Crippen LogP contribution in [0, 0.1) is 5.92 Å². The zero-order chi connectivity index (χ0) is 14.8. The Morgan fingerprint density at radius 1 is 1.30 bits per heavy atom. The van der Waals surface area contributed by atoms with Gasteiger partial charge in [-0.05, 0) is 24.1 Å². The fraction of sp³-hybridized carbons (Fsp3) is 0.500. The van der Waals surface area contributed by atoms with Gasteiger partial charge in [-0.2, -0.15) is 0 Å². The molecule has 5 nitrogen and oxygen atoms in total. The van der Waals surface area contributed by atoms with Gasteiger partial charge in [0.1, 0.15) is 0 Å². The number of rotatable bonds is 5. The average molecular weight is 296 g/mol. The molecule has 0 aliphatic carbocycles. The average Bonchev–Trinajstić information content (AvgIpc) is 2.69. The van der Waals surface area contributed by atoms with Gasteiger partial charge in [-0.25, -0.2) is 13.6 Å². The molecule has 0 radical (unpaired) electrons. The van der Waals surface area contributed by atoms with Crippen molar-refractivity contribution in [1.29, 1.82) is 0 Å². The van der Waals surface area contributed by atoms with Crippen LogP contribution in [-0.4, -0.2) is 26.6 Å². The monoisotopic (exact) mass is 296 g/mol. The topological polar surface area (TPSA) is 80.5 Å². The lowest BCUT2D eigenvalue weighted by Gasteiger charge is -2.17. The lowest BCUT2D eigenvalue weighted by atomic mass is 10.1. The summed E-state index contributed by atoms with van der Waals surface area (Å²) in [5, 5.41) is 5.04. The van der Waals surface area contributed by atoms with Crippen molar-refractivity contribution in [1.82, 2.24) is 0 Å². The quantitative estimate of drug-likeness (QED) is 0.888. The number of primary sulfonamides is 1. The van der Waals surface area contributed by atoms with Gasteiger partial charge in [-0.15, -0.1) is 0 Å². The zero-order valence-corrected chi connectivity index (χ0v) is 12.4. The summed E-state index contributed by atoms with van der Waals surface area (Å²) in [4.78, 5) is 13.6. The van der Waals surface area contributed by atoms with Crippen LogP contribution in [0.5, 0.6) is 0 Å². The smallest absolute Gasteiger partial charge is 0.227 e. The summed E-state index contributed by atoms with van der Waals surface area (Å²) in [6.07, 6.45) is 2.34. The molecule has 20 heavy (non-hydrogen) atoms. The van der Waals surface area contributed by atoms with Gasteiger partial charge >= 0.3 is 0 Å². The zero-order valence-electron chi connectivity index (χ0n) is 11.6. The van der Waals surface area contributed by atoms with E-state index in [-0.39, 0.29) is 24.0 Å². The minimum Gasteiger partial charge on any atom is -0.312 e. The van der Waals surface area contributed by atoms with Crippen LogP contribution in [-0.2, 0) is 21.2 Å². The number of nitrogens with zero attached hydrogens (tertiary/aromatic N) is 1. The molecule has 1 aliphatic rings. The predicted molar refractivity (Wildman–Crippen MR) is 78.9 cm³/mol. The molecule has 0 saturated carbocycles. The molecule has 0 spiro atoms. The predicted octanol–water partition coefficient (Wildman–Crippen LogP) is 1.28. The first kappa shape index (κ1) is 15.0. The van der Waals surface area contributed by atoms with E-state index < -0.39 is 10.0 Å². The second kappa shape index (κ2) is 5.93. The Labute approximate surface area is 119 Å². The third-order valence-electron chi connectivity index (χ3n) is 3.46. The van der Waals surface area contributed by atoms with Gasteiger partial charge in [0.2, 0.25) is 15.9 Å². The molecule has 2 N–H and O–H groups in total. The molecule has 1 unspecified atom stereocenters. The maximum absolute atomic E-state index is 12.0. The summed E-state index contributed by atoms with van der Waals surface area (Å²) in [5.74, 6) is -0.391. The van der Waals surface area contributed by atoms with Crippen molar-refractivity contribution in [2.24, 2.45) is 11.1 Å². The first-order valence-electron chi connectivity index (χ1n) is 6.79. The van der Waals surface area contributed by atoms with E-state index in [1.54, 1.807) is 4.90 Å². The molecule has 1 heterocycles. The number of nitrogens with two attached hydrogens (primary N) is 1. The van der Waals surface area contributed by atoms with Crippen LogP contribution in [0.15, 0.2) is 24.3 Å². The van der Waals surface area contributed by atoms with Gasteiger partial charge in [0.25, 0.3) is 0 Å². The second-order valence-corrected chi connectivity index (χ2v) is 6.98. The van der Waals surface area contributed by atoms with Crippen molar-refractivity contribution in [2.75, 3.05) is 17.2 Å². The second-order valence-electron chi connectivity index (χ2n) is 5.32. The van der Waals surface area contributed by atoms with Crippen LogP contribution in [0.4, 0.5) is 5.69 Å². The van der Waals surface area contributed by atoms with E-state index in [1.165, 1.54) is 5.56 Å². The molecule has 2 rings (SSSR count). The summed E-state index contributed by atoms with van der Waals surface area (Å²) in [6, 6.07) is 7.86. The Hall–Kier alpha value is -1.40. The van der Waals surface area contributed by atoms with Crippen LogP contribution in [0.2, 0.25) is 0 Å². The number of benzene rings is 1. The Balaban J connectivity index is 2.07. The number of hydrogen-bond donors (Lipinski definition) is 1. The van der Waals surface area contributed by atoms with Crippen LogP contribution in [0.25, 0.3) is 0 Å². The number of amides is 1. The standard InChI is InChI=1S/C14H20N2O3S/c1-2-3-11-4-6-13(7-5-11)16-9-12(8-14(16)17)10-20(15,18)19/h4-7,12H,2-3,8-10H2,1H3,(H2,15,18,19). The molecule has 0 aromatic heterocycles. The highest BCUT2D eigenvalue weighted by molar-refractivity contribution is 7.89. The Morgan fingerprint density at radius 3 is 2.50 bits per heavy atom. The van der Waals surface area contributed by atoms with Gasteiger partial charge in [0.05, 0.1) is 5.75 Å². The molecule has 1 aromatic rings. The summed E-state index contributed by atoms with van der Waals surface area (Å²) >= 11 is 0. The van der Waals surface area contributed by atoms with Crippen LogP contribution in [0.3, 0.4) is 0 Å². The van der Waals surface area contributed by atoms with Crippen LogP contribution in [0.1, 0.15) is 25.3 Å². The Kier molecular flexibility index (Phi) is 4.45. The van der Waals surface area contributed by atoms with Crippen molar-refractivity contribution in [3.05, 3.63) is 29.8 Å². The molecular formula is C14H20N2O3S. The number of carbonyl (C=O) groups is 1. The molecule has 1 fully saturated rings. The third kappa shape index (κ3) is 3.80. The van der Waals surface area contributed by atoms with Crippen molar-refractivity contribution in [2.45, 2.75) is 26.2 Å². The maximum Gasteiger partial charge on any atom is 0.227 e. The van der Waals surface area contributed by atoms with Crippen LogP contribution < -0.4 is 10.0 Å². The number of aryl methyl sites for hydroxylation is 1. The van der Waals surface area contributed by atoms with Crippen molar-refractivity contribution >= 4 is 21.6 Å². The first-order valence-corrected chi connectivity index (χ1v) is 8.50. The van der Waals surface area contributed by atoms with E-state index in [0.29, 0.717) is 6.54 Å². The summed E-state index contributed by atoms with van der Waals surface area (Å²) in [6.45, 7) is 2.54. The van der Waals surface area contributed by atoms with E-state index in [9.17, 15) is 13.2 Å². The Morgan fingerprint density at radius 2 is 1.95 bits per heavy atom. The maximum atomic E-state index is 12.0. The lowest BCUT2D eigenvalue weighted by molar-refractivity contribution is -0.117.